The van der Waals surface area contributed by atoms with Crippen LogP contribution in [0.15, 0.2) is 0 Å². The van der Waals surface area contributed by atoms with Gasteiger partial charge in [-0.2, -0.15) is 0 Å². The molecule has 0 saturated carbocycles. The van der Waals surface area contributed by atoms with E-state index >= 15 is 0 Å². The fourth-order valence-corrected chi connectivity index (χ4v) is 7.62. The maximum Gasteiger partial charge on any atom is 0.303 e. The molecule has 6 heterocycles. The minimum absolute atomic E-state index is 0.395. The van der Waals surface area contributed by atoms with E-state index in [0.29, 0.717) is 0 Å². The zero-order chi connectivity index (χ0) is 43.8. The second kappa shape index (κ2) is 18.4. The molecule has 0 aromatic rings. The second-order valence-corrected chi connectivity index (χ2v) is 14.8. The van der Waals surface area contributed by atoms with Crippen molar-refractivity contribution in [2.45, 2.75) is 173 Å². The Bertz CT molecular complexity index is 1630. The summed E-state index contributed by atoms with van der Waals surface area (Å²) in [5.74, 6) is -8.36. The molecule has 0 amide bonds. The van der Waals surface area contributed by atoms with Gasteiger partial charge in [-0.05, 0) is 6.92 Å². The summed E-state index contributed by atoms with van der Waals surface area (Å²) in [4.78, 5) is 71.9. The third-order valence-corrected chi connectivity index (χ3v) is 9.81. The van der Waals surface area contributed by atoms with Gasteiger partial charge in [-0.1, -0.05) is 0 Å². The topological polar surface area (TPSA) is 280 Å². The molecule has 18 atom stereocenters. The van der Waals surface area contributed by atoms with Crippen LogP contribution in [0.25, 0.3) is 0 Å². The average molecular weight is 867 g/mol. The molecule has 0 aliphatic carbocycles. The van der Waals surface area contributed by atoms with Gasteiger partial charge in [-0.25, -0.2) is 0 Å². The number of carbonyl (C=O) groups is 6. The van der Waals surface area contributed by atoms with Crippen molar-refractivity contribution in [3.8, 4) is 0 Å². The van der Waals surface area contributed by atoms with Gasteiger partial charge in [0.1, 0.15) is 49.8 Å². The number of rotatable bonds is 13. The van der Waals surface area contributed by atoms with Crippen LogP contribution < -0.4 is 0 Å². The third kappa shape index (κ3) is 10.5. The van der Waals surface area contributed by atoms with E-state index in [0.717, 1.165) is 27.7 Å². The van der Waals surface area contributed by atoms with Crippen molar-refractivity contribution in [2.75, 3.05) is 19.8 Å². The van der Waals surface area contributed by atoms with Gasteiger partial charge in [0.15, 0.2) is 61.8 Å². The molecule has 6 rings (SSSR count). The van der Waals surface area contributed by atoms with E-state index < -0.39 is 166 Å². The normalized spacial score (nSPS) is 43.1. The van der Waals surface area contributed by atoms with Gasteiger partial charge in [-0.3, -0.25) is 38.2 Å². The smallest absolute Gasteiger partial charge is 0.303 e. The maximum absolute atomic E-state index is 12.3. The van der Waals surface area contributed by atoms with Crippen LogP contribution in [0.4, 0.5) is 0 Å². The Kier molecular flexibility index (Phi) is 14.0. The Labute approximate surface area is 342 Å². The summed E-state index contributed by atoms with van der Waals surface area (Å²) in [5, 5.41) is 11.8. The van der Waals surface area contributed by atoms with E-state index in [2.05, 4.69) is 0 Å². The van der Waals surface area contributed by atoms with Crippen molar-refractivity contribution in [3.63, 3.8) is 0 Å². The largest absolute Gasteiger partial charge is 0.463 e. The first-order chi connectivity index (χ1) is 28.1. The van der Waals surface area contributed by atoms with Crippen molar-refractivity contribution in [2.24, 2.45) is 0 Å². The zero-order valence-electron chi connectivity index (χ0n) is 34.2. The number of esters is 6. The minimum Gasteiger partial charge on any atom is -0.463 e. The number of ether oxygens (including phenoxy) is 17. The molecule has 60 heavy (non-hydrogen) atoms. The molecule has 6 aliphatic heterocycles. The van der Waals surface area contributed by atoms with E-state index in [9.17, 15) is 33.9 Å². The highest BCUT2D eigenvalue weighted by Crippen LogP contribution is 2.44. The Morgan fingerprint density at radius 1 is 0.483 bits per heavy atom. The summed E-state index contributed by atoms with van der Waals surface area (Å²) in [6.45, 7) is 9.89. The number of hydrogen-bond acceptors (Lipinski definition) is 24. The van der Waals surface area contributed by atoms with E-state index in [-0.39, 0.29) is 0 Å². The molecule has 24 nitrogen and oxygen atoms in total. The highest BCUT2D eigenvalue weighted by Gasteiger charge is 2.63. The van der Waals surface area contributed by atoms with Crippen molar-refractivity contribution in [3.05, 3.63) is 0 Å². The fraction of sp³-hybridized carbons (Fsp3) is 0.833. The van der Waals surface area contributed by atoms with Gasteiger partial charge in [0.2, 0.25) is 0 Å². The molecular weight excluding hydrogens is 816 g/mol. The Hall–Kier alpha value is -3.66. The summed E-state index contributed by atoms with van der Waals surface area (Å²) in [6, 6.07) is 0. The minimum atomic E-state index is -2.07. The van der Waals surface area contributed by atoms with Crippen LogP contribution in [-0.4, -0.2) is 171 Å². The van der Waals surface area contributed by atoms with Crippen LogP contribution >= 0.6 is 0 Å². The van der Waals surface area contributed by atoms with Gasteiger partial charge in [0, 0.05) is 55.4 Å². The van der Waals surface area contributed by atoms with Crippen molar-refractivity contribution in [1.82, 2.24) is 0 Å². The Morgan fingerprint density at radius 2 is 0.917 bits per heavy atom. The molecule has 0 radical (unpaired) electrons. The van der Waals surface area contributed by atoms with E-state index in [1.54, 1.807) is 6.92 Å². The highest BCUT2D eigenvalue weighted by atomic mass is 17.0. The summed E-state index contributed by atoms with van der Waals surface area (Å²) in [5.41, 5.74) is 0. The number of fused-ring (bicyclic) bond motifs is 3. The van der Waals surface area contributed by atoms with Crippen molar-refractivity contribution < 1.29 is 114 Å². The van der Waals surface area contributed by atoms with E-state index in [1.807, 2.05) is 0 Å². The molecule has 0 spiro atoms. The van der Waals surface area contributed by atoms with E-state index in [4.69, 9.17) is 80.5 Å². The number of aliphatic hydroxyl groups excluding tert-OH is 1. The second-order valence-electron chi connectivity index (χ2n) is 14.8. The SMILES string of the molecule is CC(=O)OC[C@@H]1O[C@@H]2O[C@](C)(OC[C@@H]3O[C@@H]4O[C@H](C)O[C@H]4[C@H](O[C@]4(C)O[C@@H]5O[C@H](COC(C)=O)[C@@H](OC(C)=O)[C@H](OC(C)=O)[C@H]5O4)[C@@H]3O)O[C@H]2[C@H](OC(C)=O)[C@H]1OC(C)=O. The fourth-order valence-electron chi connectivity index (χ4n) is 7.62. The molecule has 6 saturated heterocycles. The molecule has 338 valence electrons. The quantitative estimate of drug-likeness (QED) is 0.167. The molecular formula is C36H50O24. The predicted octanol–water partition coefficient (Wildman–Crippen LogP) is -1.28. The highest BCUT2D eigenvalue weighted by molar-refractivity contribution is 5.68. The lowest BCUT2D eigenvalue weighted by Crippen LogP contribution is -2.61. The van der Waals surface area contributed by atoms with Crippen LogP contribution in [0.2, 0.25) is 0 Å². The summed E-state index contributed by atoms with van der Waals surface area (Å²) < 4.78 is 98.5. The molecule has 0 bridgehead atoms. The molecule has 0 aromatic heterocycles. The van der Waals surface area contributed by atoms with Gasteiger partial charge in [0.05, 0.1) is 6.61 Å². The summed E-state index contributed by atoms with van der Waals surface area (Å²) in [6.07, 6.45) is -19.9. The molecule has 1 N–H and O–H groups in total. The molecule has 0 aromatic carbocycles. The van der Waals surface area contributed by atoms with Gasteiger partial charge in [0.25, 0.3) is 11.9 Å². The summed E-state index contributed by atoms with van der Waals surface area (Å²) >= 11 is 0. The first-order valence-electron chi connectivity index (χ1n) is 19.1. The van der Waals surface area contributed by atoms with E-state index in [1.165, 1.54) is 27.7 Å². The number of aliphatic hydroxyl groups is 1. The lowest BCUT2D eigenvalue weighted by atomic mass is 9.98. The summed E-state index contributed by atoms with van der Waals surface area (Å²) in [7, 11) is 0. The van der Waals surface area contributed by atoms with Crippen LogP contribution in [0.3, 0.4) is 0 Å². The number of hydrogen-bond donors (Lipinski definition) is 1. The van der Waals surface area contributed by atoms with Gasteiger partial charge in [-0.15, -0.1) is 0 Å². The average Bonchev–Trinajstić information content (AvgIpc) is 3.79. The standard InChI is InChI=1S/C36H50O24/c1-13(37)44-10-21-24(47-15(3)39)27(49-17(5)41)30-33(54-21)59-35(8,57-30)46-12-20-23(43)26(29-32(53-20)52-19(7)51-29)56-36(9)58-31-28(50-18(6)42)25(48-16(4)40)22(11-45-14(2)38)55-34(31)60-36/h19-34,43H,10-12H2,1-9H3/t19-,20+,21+,22-,23-,24+,25-,26-,27-,28+,29+,30+,31-,32+,33-,34+,35-,36+/m1/s1. The maximum atomic E-state index is 12.3. The van der Waals surface area contributed by atoms with Gasteiger partial charge < -0.3 is 76.2 Å². The third-order valence-electron chi connectivity index (χ3n) is 9.81. The first kappa shape index (κ1) is 45.9. The first-order valence-corrected chi connectivity index (χ1v) is 19.1. The molecule has 24 heteroatoms. The predicted molar refractivity (Wildman–Crippen MR) is 182 cm³/mol. The monoisotopic (exact) mass is 866 g/mol. The lowest BCUT2D eigenvalue weighted by molar-refractivity contribution is -0.396. The molecule has 6 fully saturated rings. The van der Waals surface area contributed by atoms with Crippen molar-refractivity contribution >= 4 is 35.8 Å². The van der Waals surface area contributed by atoms with Crippen molar-refractivity contribution in [1.29, 1.82) is 0 Å². The zero-order valence-corrected chi connectivity index (χ0v) is 34.2. The van der Waals surface area contributed by atoms with Crippen LogP contribution in [0.5, 0.6) is 0 Å². The van der Waals surface area contributed by atoms with Crippen LogP contribution in [-0.2, 0) is 109 Å². The number of carbonyl (C=O) groups excluding carboxylic acids is 6. The molecule has 0 unspecified atom stereocenters. The van der Waals surface area contributed by atoms with Crippen LogP contribution in [0, 0.1) is 0 Å². The lowest BCUT2D eigenvalue weighted by Gasteiger charge is -2.42. The Balaban J connectivity index is 1.18. The molecule has 6 aliphatic rings. The Morgan fingerprint density at radius 3 is 1.38 bits per heavy atom. The van der Waals surface area contributed by atoms with Gasteiger partial charge >= 0.3 is 35.8 Å². The van der Waals surface area contributed by atoms with Crippen LogP contribution in [0.1, 0.15) is 62.3 Å².